The van der Waals surface area contributed by atoms with Crippen LogP contribution < -0.4 is 5.32 Å². The minimum absolute atomic E-state index is 0.0379. The number of rotatable bonds is 6. The second kappa shape index (κ2) is 8.37. The van der Waals surface area contributed by atoms with Gasteiger partial charge in [-0.2, -0.15) is 5.10 Å². The average Bonchev–Trinajstić information content (AvgIpc) is 3.45. The molecule has 2 heterocycles. The molecule has 0 aliphatic carbocycles. The SMILES string of the molecule is CC[C@@H](C(=O)NC)n1cnc(-c2ccccc2)c1-c1cc(C)ccc1-n1cccn1. The van der Waals surface area contributed by atoms with Crippen LogP contribution in [0.25, 0.3) is 28.2 Å². The topological polar surface area (TPSA) is 64.7 Å². The Morgan fingerprint density at radius 3 is 2.60 bits per heavy atom. The molecule has 2 aromatic carbocycles. The number of carbonyl (C=O) groups is 1. The predicted molar refractivity (Wildman–Crippen MR) is 118 cm³/mol. The fourth-order valence-corrected chi connectivity index (χ4v) is 3.80. The fraction of sp³-hybridized carbons (Fsp3) is 0.208. The van der Waals surface area contributed by atoms with Gasteiger partial charge >= 0.3 is 0 Å². The molecule has 6 heteroatoms. The summed E-state index contributed by atoms with van der Waals surface area (Å²) in [5.74, 6) is -0.0379. The molecule has 6 nitrogen and oxygen atoms in total. The Morgan fingerprint density at radius 2 is 1.93 bits per heavy atom. The lowest BCUT2D eigenvalue weighted by Gasteiger charge is -2.21. The molecule has 0 fully saturated rings. The van der Waals surface area contributed by atoms with Gasteiger partial charge in [0.2, 0.25) is 5.91 Å². The molecule has 30 heavy (non-hydrogen) atoms. The van der Waals surface area contributed by atoms with Crippen LogP contribution in [0.15, 0.2) is 73.3 Å². The van der Waals surface area contributed by atoms with Crippen molar-refractivity contribution in [3.63, 3.8) is 0 Å². The number of imidazole rings is 1. The monoisotopic (exact) mass is 399 g/mol. The van der Waals surface area contributed by atoms with Crippen LogP contribution in [0.5, 0.6) is 0 Å². The molecular weight excluding hydrogens is 374 g/mol. The molecule has 1 atom stereocenters. The van der Waals surface area contributed by atoms with Crippen LogP contribution in [0.1, 0.15) is 24.9 Å². The first-order chi connectivity index (χ1) is 14.6. The highest BCUT2D eigenvalue weighted by Gasteiger charge is 2.26. The minimum atomic E-state index is -0.360. The fourth-order valence-electron chi connectivity index (χ4n) is 3.80. The van der Waals surface area contributed by atoms with Crippen LogP contribution in [0.2, 0.25) is 0 Å². The first-order valence-corrected chi connectivity index (χ1v) is 10.1. The molecule has 0 spiro atoms. The van der Waals surface area contributed by atoms with E-state index in [-0.39, 0.29) is 11.9 Å². The molecule has 0 unspecified atom stereocenters. The van der Waals surface area contributed by atoms with Crippen molar-refractivity contribution in [2.24, 2.45) is 0 Å². The van der Waals surface area contributed by atoms with Gasteiger partial charge in [-0.25, -0.2) is 9.67 Å². The van der Waals surface area contributed by atoms with Crippen molar-refractivity contribution in [2.75, 3.05) is 7.05 Å². The smallest absolute Gasteiger partial charge is 0.242 e. The van der Waals surface area contributed by atoms with Crippen LogP contribution in [0.4, 0.5) is 0 Å². The van der Waals surface area contributed by atoms with E-state index in [9.17, 15) is 4.79 Å². The summed E-state index contributed by atoms with van der Waals surface area (Å²) in [5, 5.41) is 7.23. The number of aromatic nitrogens is 4. The Hall–Kier alpha value is -3.67. The molecule has 4 aromatic rings. The maximum Gasteiger partial charge on any atom is 0.242 e. The zero-order valence-electron chi connectivity index (χ0n) is 17.4. The molecule has 0 aliphatic heterocycles. The number of nitrogens with zero attached hydrogens (tertiary/aromatic N) is 4. The van der Waals surface area contributed by atoms with Crippen molar-refractivity contribution in [3.8, 4) is 28.2 Å². The Labute approximate surface area is 176 Å². The quantitative estimate of drug-likeness (QED) is 0.522. The number of amides is 1. The van der Waals surface area contributed by atoms with Crippen LogP contribution in [-0.2, 0) is 4.79 Å². The Balaban J connectivity index is 2.02. The van der Waals surface area contributed by atoms with Gasteiger partial charge in [0.05, 0.1) is 23.4 Å². The molecule has 0 aliphatic rings. The first-order valence-electron chi connectivity index (χ1n) is 10.1. The largest absolute Gasteiger partial charge is 0.357 e. The number of nitrogens with one attached hydrogen (secondary N) is 1. The summed E-state index contributed by atoms with van der Waals surface area (Å²) < 4.78 is 3.84. The third-order valence-electron chi connectivity index (χ3n) is 5.27. The van der Waals surface area contributed by atoms with E-state index in [2.05, 4.69) is 35.5 Å². The van der Waals surface area contributed by atoms with E-state index in [4.69, 9.17) is 4.98 Å². The lowest BCUT2D eigenvalue weighted by molar-refractivity contribution is -0.123. The van der Waals surface area contributed by atoms with Crippen molar-refractivity contribution in [1.82, 2.24) is 24.6 Å². The number of hydrogen-bond acceptors (Lipinski definition) is 3. The number of likely N-dealkylation sites (N-methyl/N-ethyl adjacent to an activating group) is 1. The van der Waals surface area contributed by atoms with E-state index in [1.54, 1.807) is 19.6 Å². The molecule has 0 radical (unpaired) electrons. The zero-order chi connectivity index (χ0) is 21.1. The predicted octanol–water partition coefficient (Wildman–Crippen LogP) is 4.41. The molecular formula is C24H25N5O. The van der Waals surface area contributed by atoms with Crippen LogP contribution in [0, 0.1) is 6.92 Å². The van der Waals surface area contributed by atoms with Gasteiger partial charge in [-0.05, 0) is 31.5 Å². The Kier molecular flexibility index (Phi) is 5.48. The number of aryl methyl sites for hydroxylation is 1. The van der Waals surface area contributed by atoms with Gasteiger partial charge in [-0.1, -0.05) is 48.9 Å². The van der Waals surface area contributed by atoms with Crippen LogP contribution in [0.3, 0.4) is 0 Å². The number of carbonyl (C=O) groups excluding carboxylic acids is 1. The first kappa shape index (κ1) is 19.6. The minimum Gasteiger partial charge on any atom is -0.357 e. The molecule has 152 valence electrons. The van der Waals surface area contributed by atoms with Gasteiger partial charge in [0.25, 0.3) is 0 Å². The molecule has 1 amide bonds. The molecule has 0 saturated heterocycles. The van der Waals surface area contributed by atoms with E-state index < -0.39 is 0 Å². The van der Waals surface area contributed by atoms with Gasteiger partial charge in [0.1, 0.15) is 6.04 Å². The van der Waals surface area contributed by atoms with Gasteiger partial charge in [-0.15, -0.1) is 0 Å². The summed E-state index contributed by atoms with van der Waals surface area (Å²) in [7, 11) is 1.67. The van der Waals surface area contributed by atoms with Gasteiger partial charge in [0, 0.05) is 30.6 Å². The Morgan fingerprint density at radius 1 is 1.13 bits per heavy atom. The van der Waals surface area contributed by atoms with Gasteiger partial charge in [0.15, 0.2) is 0 Å². The second-order valence-corrected chi connectivity index (χ2v) is 7.22. The van der Waals surface area contributed by atoms with E-state index in [1.807, 2.05) is 58.8 Å². The molecule has 2 aromatic heterocycles. The highest BCUT2D eigenvalue weighted by molar-refractivity contribution is 5.86. The van der Waals surface area contributed by atoms with E-state index in [0.29, 0.717) is 6.42 Å². The molecule has 1 N–H and O–H groups in total. The van der Waals surface area contributed by atoms with Gasteiger partial charge < -0.3 is 9.88 Å². The molecule has 0 bridgehead atoms. The number of benzene rings is 2. The lowest BCUT2D eigenvalue weighted by atomic mass is 10.00. The highest BCUT2D eigenvalue weighted by atomic mass is 16.2. The second-order valence-electron chi connectivity index (χ2n) is 7.22. The average molecular weight is 399 g/mol. The standard InChI is InChI=1S/C24H25N5O/c1-4-20(24(30)25-3)28-16-26-22(18-9-6-5-7-10-18)23(28)19-15-17(2)11-12-21(19)29-14-8-13-27-29/h5-16,20H,4H2,1-3H3,(H,25,30)/t20-/m0/s1. The van der Waals surface area contributed by atoms with Crippen molar-refractivity contribution in [3.05, 3.63) is 78.9 Å². The van der Waals surface area contributed by atoms with Crippen molar-refractivity contribution < 1.29 is 4.79 Å². The van der Waals surface area contributed by atoms with E-state index in [0.717, 1.165) is 33.8 Å². The number of hydrogen-bond donors (Lipinski definition) is 1. The summed E-state index contributed by atoms with van der Waals surface area (Å²) in [5.41, 5.74) is 5.81. The van der Waals surface area contributed by atoms with Crippen molar-refractivity contribution in [2.45, 2.75) is 26.3 Å². The van der Waals surface area contributed by atoms with Crippen LogP contribution in [-0.4, -0.2) is 32.3 Å². The summed E-state index contributed by atoms with van der Waals surface area (Å²) in [4.78, 5) is 17.4. The zero-order valence-corrected chi connectivity index (χ0v) is 17.4. The summed E-state index contributed by atoms with van der Waals surface area (Å²) >= 11 is 0. The maximum atomic E-state index is 12.7. The van der Waals surface area contributed by atoms with Crippen molar-refractivity contribution in [1.29, 1.82) is 0 Å². The summed E-state index contributed by atoms with van der Waals surface area (Å²) in [6, 6.07) is 17.9. The van der Waals surface area contributed by atoms with Crippen LogP contribution >= 0.6 is 0 Å². The third-order valence-corrected chi connectivity index (χ3v) is 5.27. The van der Waals surface area contributed by atoms with E-state index >= 15 is 0 Å². The normalized spacial score (nSPS) is 12.0. The third kappa shape index (κ3) is 3.52. The van der Waals surface area contributed by atoms with Gasteiger partial charge in [-0.3, -0.25) is 4.79 Å². The molecule has 0 saturated carbocycles. The van der Waals surface area contributed by atoms with E-state index in [1.165, 1.54) is 0 Å². The highest BCUT2D eigenvalue weighted by Crippen LogP contribution is 2.37. The summed E-state index contributed by atoms with van der Waals surface area (Å²) in [6.07, 6.45) is 6.11. The Bertz CT molecular complexity index is 1150. The summed E-state index contributed by atoms with van der Waals surface area (Å²) in [6.45, 7) is 4.08. The maximum absolute atomic E-state index is 12.7. The van der Waals surface area contributed by atoms with Crippen molar-refractivity contribution >= 4 is 5.91 Å². The molecule has 4 rings (SSSR count). The lowest BCUT2D eigenvalue weighted by Crippen LogP contribution is -2.29.